The fourth-order valence-electron chi connectivity index (χ4n) is 4.44. The van der Waals surface area contributed by atoms with E-state index in [1.165, 1.54) is 38.6 Å². The van der Waals surface area contributed by atoms with Crippen molar-refractivity contribution in [2.45, 2.75) is 77.4 Å². The van der Waals surface area contributed by atoms with Crippen LogP contribution in [0.1, 0.15) is 64.6 Å². The second-order valence-electron chi connectivity index (χ2n) is 8.14. The second kappa shape index (κ2) is 8.35. The summed E-state index contributed by atoms with van der Waals surface area (Å²) in [4.78, 5) is 22.3. The van der Waals surface area contributed by atoms with Crippen LogP contribution in [0.3, 0.4) is 0 Å². The molecule has 1 aliphatic heterocycles. The monoisotopic (exact) mass is 346 g/mol. The number of hydrogen-bond acceptors (Lipinski definition) is 3. The fourth-order valence-corrected chi connectivity index (χ4v) is 4.44. The maximum absolute atomic E-state index is 13.3. The van der Waals surface area contributed by atoms with Crippen molar-refractivity contribution in [3.05, 3.63) is 18.2 Å². The van der Waals surface area contributed by atoms with Crippen molar-refractivity contribution in [1.82, 2.24) is 19.4 Å². The number of amides is 1. The topological polar surface area (TPSA) is 41.4 Å². The van der Waals surface area contributed by atoms with E-state index in [0.29, 0.717) is 18.5 Å². The summed E-state index contributed by atoms with van der Waals surface area (Å²) in [6.45, 7) is 6.97. The van der Waals surface area contributed by atoms with Crippen LogP contribution in [-0.2, 0) is 18.4 Å². The average molecular weight is 347 g/mol. The van der Waals surface area contributed by atoms with Crippen molar-refractivity contribution in [3.63, 3.8) is 0 Å². The average Bonchev–Trinajstić information content (AvgIpc) is 3.04. The van der Waals surface area contributed by atoms with Crippen molar-refractivity contribution >= 4 is 5.91 Å². The minimum Gasteiger partial charge on any atom is -0.337 e. The highest BCUT2D eigenvalue weighted by Gasteiger charge is 2.33. The molecule has 2 heterocycles. The number of carbonyl (C=O) groups is 1. The lowest BCUT2D eigenvalue weighted by Gasteiger charge is -2.41. The molecular weight excluding hydrogens is 312 g/mol. The van der Waals surface area contributed by atoms with Gasteiger partial charge in [0.1, 0.15) is 5.82 Å². The summed E-state index contributed by atoms with van der Waals surface area (Å²) in [6, 6.07) is 0.917. The molecular formula is C20H34N4O. The molecule has 1 unspecified atom stereocenters. The van der Waals surface area contributed by atoms with E-state index in [2.05, 4.69) is 23.7 Å². The number of rotatable bonds is 5. The molecule has 1 atom stereocenters. The van der Waals surface area contributed by atoms with E-state index in [9.17, 15) is 4.79 Å². The molecule has 140 valence electrons. The van der Waals surface area contributed by atoms with Crippen LogP contribution >= 0.6 is 0 Å². The van der Waals surface area contributed by atoms with Gasteiger partial charge in [-0.3, -0.25) is 9.69 Å². The molecule has 1 aromatic heterocycles. The molecule has 0 bridgehead atoms. The van der Waals surface area contributed by atoms with Crippen LogP contribution in [-0.4, -0.2) is 50.4 Å². The van der Waals surface area contributed by atoms with Crippen molar-refractivity contribution in [2.24, 2.45) is 13.0 Å². The molecule has 1 amide bonds. The Bertz CT molecular complexity index is 562. The smallest absolute Gasteiger partial charge is 0.227 e. The minimum atomic E-state index is 0.151. The van der Waals surface area contributed by atoms with E-state index in [1.54, 1.807) is 0 Å². The van der Waals surface area contributed by atoms with Crippen LogP contribution in [0.15, 0.2) is 12.4 Å². The molecule has 3 rings (SSSR count). The Morgan fingerprint density at radius 1 is 1.24 bits per heavy atom. The molecule has 0 radical (unpaired) electrons. The SMILES string of the molecule is CC(C)N(Cc1nccn1C)C(=O)C1CCCN(C2CCCCC2)C1. The molecule has 1 saturated carbocycles. The van der Waals surface area contributed by atoms with Gasteiger partial charge in [-0.15, -0.1) is 0 Å². The molecule has 2 aliphatic rings. The van der Waals surface area contributed by atoms with Gasteiger partial charge in [0.25, 0.3) is 0 Å². The van der Waals surface area contributed by atoms with Gasteiger partial charge in [0.2, 0.25) is 5.91 Å². The summed E-state index contributed by atoms with van der Waals surface area (Å²) in [5.74, 6) is 1.43. The maximum Gasteiger partial charge on any atom is 0.227 e. The predicted octanol–water partition coefficient (Wildman–Crippen LogP) is 3.20. The van der Waals surface area contributed by atoms with Gasteiger partial charge in [-0.25, -0.2) is 4.98 Å². The first kappa shape index (κ1) is 18.4. The van der Waals surface area contributed by atoms with Crippen LogP contribution in [0, 0.1) is 5.92 Å². The molecule has 0 spiro atoms. The summed E-state index contributed by atoms with van der Waals surface area (Å²) >= 11 is 0. The Labute approximate surface area is 152 Å². The van der Waals surface area contributed by atoms with Gasteiger partial charge in [0, 0.05) is 38.1 Å². The number of piperidine rings is 1. The summed E-state index contributed by atoms with van der Waals surface area (Å²) in [5, 5.41) is 0. The van der Waals surface area contributed by atoms with Gasteiger partial charge in [-0.1, -0.05) is 19.3 Å². The molecule has 5 heteroatoms. The Kier molecular flexibility index (Phi) is 6.15. The summed E-state index contributed by atoms with van der Waals surface area (Å²) < 4.78 is 2.01. The Morgan fingerprint density at radius 3 is 2.64 bits per heavy atom. The van der Waals surface area contributed by atoms with Crippen LogP contribution in [0.4, 0.5) is 0 Å². The molecule has 5 nitrogen and oxygen atoms in total. The number of likely N-dealkylation sites (tertiary alicyclic amines) is 1. The van der Waals surface area contributed by atoms with Crippen molar-refractivity contribution in [1.29, 1.82) is 0 Å². The van der Waals surface area contributed by atoms with E-state index in [-0.39, 0.29) is 12.0 Å². The van der Waals surface area contributed by atoms with Gasteiger partial charge in [0.15, 0.2) is 0 Å². The van der Waals surface area contributed by atoms with Gasteiger partial charge < -0.3 is 9.47 Å². The third-order valence-corrected chi connectivity index (χ3v) is 6.03. The van der Waals surface area contributed by atoms with Gasteiger partial charge in [-0.2, -0.15) is 0 Å². The molecule has 1 aromatic rings. The first-order valence-corrected chi connectivity index (χ1v) is 10.1. The molecule has 0 aromatic carbocycles. The number of aromatic nitrogens is 2. The summed E-state index contributed by atoms with van der Waals surface area (Å²) in [6.07, 6.45) is 12.7. The zero-order valence-electron chi connectivity index (χ0n) is 16.2. The second-order valence-corrected chi connectivity index (χ2v) is 8.14. The van der Waals surface area contributed by atoms with Crippen molar-refractivity contribution in [3.8, 4) is 0 Å². The highest BCUT2D eigenvalue weighted by molar-refractivity contribution is 5.79. The van der Waals surface area contributed by atoms with Crippen LogP contribution in [0.2, 0.25) is 0 Å². The number of carbonyl (C=O) groups excluding carboxylic acids is 1. The Balaban J connectivity index is 1.65. The van der Waals surface area contributed by atoms with E-state index in [1.807, 2.05) is 28.9 Å². The van der Waals surface area contributed by atoms with Crippen LogP contribution in [0.25, 0.3) is 0 Å². The lowest BCUT2D eigenvalue weighted by molar-refractivity contribution is -0.140. The number of nitrogens with zero attached hydrogens (tertiary/aromatic N) is 4. The third kappa shape index (κ3) is 4.43. The first-order valence-electron chi connectivity index (χ1n) is 10.1. The molecule has 0 N–H and O–H groups in total. The van der Waals surface area contributed by atoms with Gasteiger partial charge >= 0.3 is 0 Å². The normalized spacial score (nSPS) is 23.1. The van der Waals surface area contributed by atoms with E-state index >= 15 is 0 Å². The quantitative estimate of drug-likeness (QED) is 0.822. The summed E-state index contributed by atoms with van der Waals surface area (Å²) in [7, 11) is 2.00. The molecule has 2 fully saturated rings. The first-order chi connectivity index (χ1) is 12.1. The summed E-state index contributed by atoms with van der Waals surface area (Å²) in [5.41, 5.74) is 0. The van der Waals surface area contributed by atoms with Gasteiger partial charge in [0.05, 0.1) is 12.5 Å². The third-order valence-electron chi connectivity index (χ3n) is 6.03. The predicted molar refractivity (Wildman–Crippen MR) is 100 cm³/mol. The standard InChI is InChI=1S/C20H34N4O/c1-16(2)24(15-19-21-11-13-22(19)3)20(25)17-8-7-12-23(14-17)18-9-5-4-6-10-18/h11,13,16-18H,4-10,12,14-15H2,1-3H3. The van der Waals surface area contributed by atoms with Crippen molar-refractivity contribution < 1.29 is 4.79 Å². The zero-order valence-corrected chi connectivity index (χ0v) is 16.2. The van der Waals surface area contributed by atoms with E-state index < -0.39 is 0 Å². The Morgan fingerprint density at radius 2 is 2.00 bits per heavy atom. The number of hydrogen-bond donors (Lipinski definition) is 0. The minimum absolute atomic E-state index is 0.151. The van der Waals surface area contributed by atoms with E-state index in [4.69, 9.17) is 0 Å². The van der Waals surface area contributed by atoms with Crippen LogP contribution in [0.5, 0.6) is 0 Å². The molecule has 1 saturated heterocycles. The van der Waals surface area contributed by atoms with Gasteiger partial charge in [-0.05, 0) is 46.1 Å². The van der Waals surface area contributed by atoms with Crippen molar-refractivity contribution in [2.75, 3.05) is 13.1 Å². The number of imidazole rings is 1. The number of aryl methyl sites for hydroxylation is 1. The lowest BCUT2D eigenvalue weighted by atomic mass is 9.89. The molecule has 25 heavy (non-hydrogen) atoms. The Hall–Kier alpha value is -1.36. The largest absolute Gasteiger partial charge is 0.337 e. The highest BCUT2D eigenvalue weighted by atomic mass is 16.2. The zero-order chi connectivity index (χ0) is 17.8. The highest BCUT2D eigenvalue weighted by Crippen LogP contribution is 2.28. The maximum atomic E-state index is 13.3. The lowest BCUT2D eigenvalue weighted by Crippen LogP contribution is -2.49. The van der Waals surface area contributed by atoms with Crippen LogP contribution < -0.4 is 0 Å². The molecule has 1 aliphatic carbocycles. The van der Waals surface area contributed by atoms with E-state index in [0.717, 1.165) is 25.2 Å². The fraction of sp³-hybridized carbons (Fsp3) is 0.800.